The molecule has 1 fully saturated rings. The van der Waals surface area contributed by atoms with Crippen LogP contribution in [0.4, 0.5) is 0 Å². The predicted octanol–water partition coefficient (Wildman–Crippen LogP) is 1.37. The second kappa shape index (κ2) is 4.10. The lowest BCUT2D eigenvalue weighted by Gasteiger charge is -2.31. The molecule has 0 aromatic rings. The van der Waals surface area contributed by atoms with Gasteiger partial charge in [0.1, 0.15) is 5.54 Å². The topological polar surface area (TPSA) is 40.5 Å². The quantitative estimate of drug-likeness (QED) is 0.720. The zero-order valence-corrected chi connectivity index (χ0v) is 8.36. The largest absolute Gasteiger partial charge is 0.480 e. The van der Waals surface area contributed by atoms with Crippen LogP contribution in [-0.2, 0) is 4.79 Å². The first-order chi connectivity index (χ1) is 5.09. The molecule has 1 aliphatic carbocycles. The molecule has 1 N–H and O–H groups in total. The fourth-order valence-corrected chi connectivity index (χ4v) is 1.81. The van der Waals surface area contributed by atoms with Gasteiger partial charge in [-0.3, -0.25) is 9.69 Å². The van der Waals surface area contributed by atoms with Crippen LogP contribution >= 0.6 is 12.4 Å². The highest BCUT2D eigenvalue weighted by molar-refractivity contribution is 5.85. The van der Waals surface area contributed by atoms with Gasteiger partial charge >= 0.3 is 5.97 Å². The van der Waals surface area contributed by atoms with Crippen molar-refractivity contribution in [1.29, 1.82) is 0 Å². The van der Waals surface area contributed by atoms with Crippen LogP contribution < -0.4 is 0 Å². The molecule has 3 nitrogen and oxygen atoms in total. The van der Waals surface area contributed by atoms with Gasteiger partial charge < -0.3 is 5.11 Å². The van der Waals surface area contributed by atoms with E-state index in [1.807, 2.05) is 19.0 Å². The number of hydrogen-bond donors (Lipinski definition) is 1. The molecule has 0 spiro atoms. The molecule has 0 bridgehead atoms. The second-order valence-corrected chi connectivity index (χ2v) is 3.44. The minimum Gasteiger partial charge on any atom is -0.480 e. The SMILES string of the molecule is CN(C)C1(C(=O)O)CCCC1.Cl. The standard InChI is InChI=1S/C8H15NO2.ClH/c1-9(2)8(7(10)11)5-3-4-6-8;/h3-6H2,1-2H3,(H,10,11);1H. The summed E-state index contributed by atoms with van der Waals surface area (Å²) in [5.74, 6) is -0.667. The number of carboxylic acids is 1. The molecule has 72 valence electrons. The van der Waals surface area contributed by atoms with Crippen LogP contribution in [0.3, 0.4) is 0 Å². The first-order valence-electron chi connectivity index (χ1n) is 4.00. The highest BCUT2D eigenvalue weighted by atomic mass is 35.5. The van der Waals surface area contributed by atoms with E-state index in [0.717, 1.165) is 25.7 Å². The van der Waals surface area contributed by atoms with Gasteiger partial charge in [-0.2, -0.15) is 0 Å². The van der Waals surface area contributed by atoms with Crippen LogP contribution in [0.5, 0.6) is 0 Å². The highest BCUT2D eigenvalue weighted by Crippen LogP contribution is 2.33. The number of rotatable bonds is 2. The molecular weight excluding hydrogens is 178 g/mol. The summed E-state index contributed by atoms with van der Waals surface area (Å²) in [5, 5.41) is 8.99. The van der Waals surface area contributed by atoms with Crippen molar-refractivity contribution in [1.82, 2.24) is 4.90 Å². The molecule has 0 aromatic heterocycles. The van der Waals surface area contributed by atoms with Crippen LogP contribution in [0.15, 0.2) is 0 Å². The Kier molecular flexibility index (Phi) is 4.00. The lowest BCUT2D eigenvalue weighted by atomic mass is 9.97. The summed E-state index contributed by atoms with van der Waals surface area (Å²) < 4.78 is 0. The van der Waals surface area contributed by atoms with Gasteiger partial charge in [0.05, 0.1) is 0 Å². The average Bonchev–Trinajstić information content (AvgIpc) is 2.34. The zero-order valence-electron chi connectivity index (χ0n) is 7.54. The lowest BCUT2D eigenvalue weighted by molar-refractivity contribution is -0.149. The Balaban J connectivity index is 0.00000121. The van der Waals surface area contributed by atoms with Gasteiger partial charge in [-0.1, -0.05) is 12.8 Å². The van der Waals surface area contributed by atoms with Crippen molar-refractivity contribution in [2.75, 3.05) is 14.1 Å². The first-order valence-corrected chi connectivity index (χ1v) is 4.00. The van der Waals surface area contributed by atoms with E-state index in [-0.39, 0.29) is 12.4 Å². The monoisotopic (exact) mass is 193 g/mol. The van der Waals surface area contributed by atoms with E-state index in [4.69, 9.17) is 5.11 Å². The van der Waals surface area contributed by atoms with E-state index in [1.54, 1.807) is 0 Å². The predicted molar refractivity (Wildman–Crippen MR) is 49.8 cm³/mol. The summed E-state index contributed by atoms with van der Waals surface area (Å²) >= 11 is 0. The molecular formula is C8H16ClNO2. The number of halogens is 1. The molecule has 0 unspecified atom stereocenters. The maximum absolute atomic E-state index is 10.9. The Labute approximate surface area is 79.2 Å². The maximum Gasteiger partial charge on any atom is 0.324 e. The zero-order chi connectivity index (χ0) is 8.48. The smallest absolute Gasteiger partial charge is 0.324 e. The van der Waals surface area contributed by atoms with E-state index < -0.39 is 11.5 Å². The van der Waals surface area contributed by atoms with Gasteiger partial charge in [0.25, 0.3) is 0 Å². The molecule has 0 atom stereocenters. The summed E-state index contributed by atoms with van der Waals surface area (Å²) in [5.41, 5.74) is -0.556. The van der Waals surface area contributed by atoms with Crippen molar-refractivity contribution < 1.29 is 9.90 Å². The summed E-state index contributed by atoms with van der Waals surface area (Å²) in [7, 11) is 3.69. The molecule has 0 saturated heterocycles. The molecule has 0 amide bonds. The van der Waals surface area contributed by atoms with Crippen molar-refractivity contribution >= 4 is 18.4 Å². The fourth-order valence-electron chi connectivity index (χ4n) is 1.81. The summed E-state index contributed by atoms with van der Waals surface area (Å²) in [6.07, 6.45) is 3.69. The Hall–Kier alpha value is -0.280. The molecule has 0 aliphatic heterocycles. The first kappa shape index (κ1) is 11.7. The fraction of sp³-hybridized carbons (Fsp3) is 0.875. The van der Waals surface area contributed by atoms with Gasteiger partial charge in [0.2, 0.25) is 0 Å². The van der Waals surface area contributed by atoms with Gasteiger partial charge in [-0.15, -0.1) is 12.4 Å². The second-order valence-electron chi connectivity index (χ2n) is 3.44. The van der Waals surface area contributed by atoms with E-state index in [2.05, 4.69) is 0 Å². The maximum atomic E-state index is 10.9. The van der Waals surface area contributed by atoms with E-state index in [0.29, 0.717) is 0 Å². The van der Waals surface area contributed by atoms with Gasteiger partial charge in [0, 0.05) is 0 Å². The molecule has 0 heterocycles. The molecule has 0 aromatic carbocycles. The van der Waals surface area contributed by atoms with Crippen molar-refractivity contribution in [3.05, 3.63) is 0 Å². The van der Waals surface area contributed by atoms with E-state index >= 15 is 0 Å². The minimum absolute atomic E-state index is 0. The van der Waals surface area contributed by atoms with Crippen LogP contribution in [0, 0.1) is 0 Å². The molecule has 1 rings (SSSR count). The molecule has 1 aliphatic rings. The Bertz CT molecular complexity index is 164. The Morgan fingerprint density at radius 1 is 1.33 bits per heavy atom. The number of nitrogens with zero attached hydrogens (tertiary/aromatic N) is 1. The lowest BCUT2D eigenvalue weighted by Crippen LogP contribution is -2.48. The molecule has 1 saturated carbocycles. The van der Waals surface area contributed by atoms with E-state index in [9.17, 15) is 4.79 Å². The number of likely N-dealkylation sites (N-methyl/N-ethyl adjacent to an activating group) is 1. The number of hydrogen-bond acceptors (Lipinski definition) is 2. The van der Waals surface area contributed by atoms with Crippen molar-refractivity contribution in [3.8, 4) is 0 Å². The number of carbonyl (C=O) groups is 1. The number of carboxylic acid groups (broad SMARTS) is 1. The third-order valence-corrected chi connectivity index (χ3v) is 2.68. The van der Waals surface area contributed by atoms with Crippen molar-refractivity contribution in [2.45, 2.75) is 31.2 Å². The van der Waals surface area contributed by atoms with Crippen LogP contribution in [0.25, 0.3) is 0 Å². The van der Waals surface area contributed by atoms with Crippen LogP contribution in [0.2, 0.25) is 0 Å². The Morgan fingerprint density at radius 3 is 1.92 bits per heavy atom. The van der Waals surface area contributed by atoms with Gasteiger partial charge in [0.15, 0.2) is 0 Å². The summed E-state index contributed by atoms with van der Waals surface area (Å²) in [4.78, 5) is 12.8. The Morgan fingerprint density at radius 2 is 1.75 bits per heavy atom. The third kappa shape index (κ3) is 1.72. The third-order valence-electron chi connectivity index (χ3n) is 2.68. The highest BCUT2D eigenvalue weighted by Gasteiger charge is 2.43. The van der Waals surface area contributed by atoms with Gasteiger partial charge in [-0.05, 0) is 26.9 Å². The van der Waals surface area contributed by atoms with Crippen LogP contribution in [0.1, 0.15) is 25.7 Å². The summed E-state index contributed by atoms with van der Waals surface area (Å²) in [6, 6.07) is 0. The molecule has 12 heavy (non-hydrogen) atoms. The van der Waals surface area contributed by atoms with E-state index in [1.165, 1.54) is 0 Å². The normalized spacial score (nSPS) is 20.6. The number of aliphatic carboxylic acids is 1. The van der Waals surface area contributed by atoms with Crippen molar-refractivity contribution in [2.24, 2.45) is 0 Å². The van der Waals surface area contributed by atoms with Gasteiger partial charge in [-0.25, -0.2) is 0 Å². The van der Waals surface area contributed by atoms with Crippen molar-refractivity contribution in [3.63, 3.8) is 0 Å². The average molecular weight is 194 g/mol. The summed E-state index contributed by atoms with van der Waals surface area (Å²) in [6.45, 7) is 0. The molecule has 4 heteroatoms. The van der Waals surface area contributed by atoms with Crippen LogP contribution in [-0.4, -0.2) is 35.6 Å². The minimum atomic E-state index is -0.667. The molecule has 0 radical (unpaired) electrons.